The van der Waals surface area contributed by atoms with E-state index in [4.69, 9.17) is 9.47 Å². The second kappa shape index (κ2) is 8.52. The number of halogens is 4. The van der Waals surface area contributed by atoms with Crippen molar-refractivity contribution >= 4 is 17.6 Å². The molecule has 2 aromatic rings. The van der Waals surface area contributed by atoms with Crippen LogP contribution in [0.25, 0.3) is 0 Å². The normalized spacial score (nSPS) is 12.2. The molecule has 2 aromatic carbocycles. The van der Waals surface area contributed by atoms with Gasteiger partial charge in [0.1, 0.15) is 11.6 Å². The average Bonchev–Trinajstić information content (AvgIpc) is 2.61. The molecule has 0 radical (unpaired) electrons. The molecule has 0 fully saturated rings. The Labute approximate surface area is 151 Å². The molecule has 0 aliphatic rings. The van der Waals surface area contributed by atoms with E-state index in [-0.39, 0.29) is 11.4 Å². The maximum Gasteiger partial charge on any atom is 0.416 e. The summed E-state index contributed by atoms with van der Waals surface area (Å²) in [6, 6.07) is 8.98. The number of anilines is 1. The van der Waals surface area contributed by atoms with Crippen LogP contribution in [-0.4, -0.2) is 24.6 Å². The van der Waals surface area contributed by atoms with Gasteiger partial charge in [-0.25, -0.2) is 9.18 Å². The highest BCUT2D eigenvalue weighted by atomic mass is 19.4. The SMILES string of the molecule is C[C@@H](Oc1ccc(F)cc1)C(=O)OCC(=O)Nc1cccc(C(F)(F)F)c1. The van der Waals surface area contributed by atoms with Crippen molar-refractivity contribution in [3.05, 3.63) is 59.9 Å². The molecule has 144 valence electrons. The molecular weight excluding hydrogens is 370 g/mol. The van der Waals surface area contributed by atoms with Crippen molar-refractivity contribution in [3.8, 4) is 5.75 Å². The van der Waals surface area contributed by atoms with Crippen LogP contribution in [0, 0.1) is 5.82 Å². The molecule has 0 bridgehead atoms. The molecule has 1 amide bonds. The fraction of sp³-hybridized carbons (Fsp3) is 0.222. The molecule has 1 N–H and O–H groups in total. The van der Waals surface area contributed by atoms with Crippen molar-refractivity contribution in [2.75, 3.05) is 11.9 Å². The monoisotopic (exact) mass is 385 g/mol. The number of alkyl halides is 3. The predicted molar refractivity (Wildman–Crippen MR) is 87.5 cm³/mol. The van der Waals surface area contributed by atoms with Crippen LogP contribution in [0.5, 0.6) is 5.75 Å². The van der Waals surface area contributed by atoms with Gasteiger partial charge in [-0.3, -0.25) is 4.79 Å². The molecule has 0 aromatic heterocycles. The minimum absolute atomic E-state index is 0.0820. The fourth-order valence-corrected chi connectivity index (χ4v) is 1.99. The maximum absolute atomic E-state index is 12.8. The van der Waals surface area contributed by atoms with Crippen molar-refractivity contribution in [1.29, 1.82) is 0 Å². The van der Waals surface area contributed by atoms with Gasteiger partial charge in [0.25, 0.3) is 5.91 Å². The van der Waals surface area contributed by atoms with Gasteiger partial charge in [0, 0.05) is 5.69 Å². The van der Waals surface area contributed by atoms with E-state index in [1.807, 2.05) is 0 Å². The molecule has 0 heterocycles. The molecule has 0 saturated carbocycles. The van der Waals surface area contributed by atoms with Crippen LogP contribution in [0.4, 0.5) is 23.2 Å². The Morgan fingerprint density at radius 3 is 2.41 bits per heavy atom. The zero-order valence-corrected chi connectivity index (χ0v) is 14.0. The predicted octanol–water partition coefficient (Wildman–Crippen LogP) is 3.79. The first-order valence-corrected chi connectivity index (χ1v) is 7.71. The molecule has 0 aliphatic heterocycles. The summed E-state index contributed by atoms with van der Waals surface area (Å²) in [5, 5.41) is 2.21. The summed E-state index contributed by atoms with van der Waals surface area (Å²) in [5.41, 5.74) is -1.000. The van der Waals surface area contributed by atoms with E-state index in [0.717, 1.165) is 30.3 Å². The zero-order chi connectivity index (χ0) is 20.0. The largest absolute Gasteiger partial charge is 0.479 e. The van der Waals surface area contributed by atoms with E-state index < -0.39 is 42.1 Å². The summed E-state index contributed by atoms with van der Waals surface area (Å²) < 4.78 is 60.7. The van der Waals surface area contributed by atoms with Gasteiger partial charge in [0.2, 0.25) is 0 Å². The summed E-state index contributed by atoms with van der Waals surface area (Å²) in [7, 11) is 0. The second-order valence-electron chi connectivity index (χ2n) is 5.45. The molecule has 2 rings (SSSR count). The Kier molecular flexibility index (Phi) is 6.38. The van der Waals surface area contributed by atoms with Crippen LogP contribution in [0.15, 0.2) is 48.5 Å². The van der Waals surface area contributed by atoms with E-state index >= 15 is 0 Å². The van der Waals surface area contributed by atoms with E-state index in [2.05, 4.69) is 5.32 Å². The van der Waals surface area contributed by atoms with Crippen LogP contribution in [0.3, 0.4) is 0 Å². The molecular formula is C18H15F4NO4. The van der Waals surface area contributed by atoms with Crippen LogP contribution >= 0.6 is 0 Å². The Balaban J connectivity index is 1.84. The number of carbonyl (C=O) groups excluding carboxylic acids is 2. The van der Waals surface area contributed by atoms with Crippen molar-refractivity contribution in [2.45, 2.75) is 19.2 Å². The minimum Gasteiger partial charge on any atom is -0.479 e. The zero-order valence-electron chi connectivity index (χ0n) is 14.0. The molecule has 27 heavy (non-hydrogen) atoms. The lowest BCUT2D eigenvalue weighted by molar-refractivity contribution is -0.153. The smallest absolute Gasteiger partial charge is 0.416 e. The number of esters is 1. The van der Waals surface area contributed by atoms with Crippen LogP contribution in [0.2, 0.25) is 0 Å². The number of carbonyl (C=O) groups is 2. The summed E-state index contributed by atoms with van der Waals surface area (Å²) in [4.78, 5) is 23.6. The molecule has 1 atom stereocenters. The van der Waals surface area contributed by atoms with E-state index in [1.165, 1.54) is 25.1 Å². The fourth-order valence-electron chi connectivity index (χ4n) is 1.99. The molecule has 0 spiro atoms. The van der Waals surface area contributed by atoms with E-state index in [1.54, 1.807) is 0 Å². The standard InChI is InChI=1S/C18H15F4NO4/c1-11(27-15-7-5-13(19)6-8-15)17(25)26-10-16(24)23-14-4-2-3-12(9-14)18(20,21)22/h2-9,11H,10H2,1H3,(H,23,24)/t11-/m1/s1. The number of hydrogen-bond donors (Lipinski definition) is 1. The highest BCUT2D eigenvalue weighted by molar-refractivity contribution is 5.93. The third-order valence-corrected chi connectivity index (χ3v) is 3.28. The molecule has 9 heteroatoms. The quantitative estimate of drug-likeness (QED) is 0.607. The third kappa shape index (κ3) is 6.28. The Morgan fingerprint density at radius 1 is 1.11 bits per heavy atom. The lowest BCUT2D eigenvalue weighted by atomic mass is 10.2. The van der Waals surface area contributed by atoms with Crippen molar-refractivity contribution in [2.24, 2.45) is 0 Å². The number of amides is 1. The Hall–Kier alpha value is -3.10. The van der Waals surface area contributed by atoms with Gasteiger partial charge in [0.15, 0.2) is 12.7 Å². The summed E-state index contributed by atoms with van der Waals surface area (Å²) in [5.74, 6) is -1.91. The van der Waals surface area contributed by atoms with Gasteiger partial charge in [-0.1, -0.05) is 6.07 Å². The number of nitrogens with one attached hydrogen (secondary N) is 1. The van der Waals surface area contributed by atoms with Gasteiger partial charge in [-0.05, 0) is 49.4 Å². The van der Waals surface area contributed by atoms with Crippen molar-refractivity contribution in [1.82, 2.24) is 0 Å². The average molecular weight is 385 g/mol. The summed E-state index contributed by atoms with van der Waals surface area (Å²) in [6.45, 7) is 0.669. The minimum atomic E-state index is -4.54. The lowest BCUT2D eigenvalue weighted by Gasteiger charge is -2.14. The van der Waals surface area contributed by atoms with Gasteiger partial charge >= 0.3 is 12.1 Å². The van der Waals surface area contributed by atoms with Crippen molar-refractivity contribution in [3.63, 3.8) is 0 Å². The highest BCUT2D eigenvalue weighted by Crippen LogP contribution is 2.30. The lowest BCUT2D eigenvalue weighted by Crippen LogP contribution is -2.29. The van der Waals surface area contributed by atoms with E-state index in [0.29, 0.717) is 0 Å². The highest BCUT2D eigenvalue weighted by Gasteiger charge is 2.30. The van der Waals surface area contributed by atoms with Crippen LogP contribution in [0.1, 0.15) is 12.5 Å². The number of hydrogen-bond acceptors (Lipinski definition) is 4. The van der Waals surface area contributed by atoms with Gasteiger partial charge in [0.05, 0.1) is 5.56 Å². The Bertz CT molecular complexity index is 806. The molecule has 0 saturated heterocycles. The molecule has 5 nitrogen and oxygen atoms in total. The Morgan fingerprint density at radius 2 is 1.78 bits per heavy atom. The topological polar surface area (TPSA) is 64.6 Å². The first-order valence-electron chi connectivity index (χ1n) is 7.71. The number of ether oxygens (including phenoxy) is 2. The van der Waals surface area contributed by atoms with Gasteiger partial charge in [-0.15, -0.1) is 0 Å². The number of benzene rings is 2. The summed E-state index contributed by atoms with van der Waals surface area (Å²) in [6.07, 6.45) is -5.61. The molecule has 0 unspecified atom stereocenters. The first kappa shape index (κ1) is 20.2. The first-order chi connectivity index (χ1) is 12.6. The van der Waals surface area contributed by atoms with E-state index in [9.17, 15) is 27.2 Å². The number of rotatable bonds is 6. The second-order valence-corrected chi connectivity index (χ2v) is 5.45. The van der Waals surface area contributed by atoms with Crippen LogP contribution < -0.4 is 10.1 Å². The third-order valence-electron chi connectivity index (χ3n) is 3.28. The van der Waals surface area contributed by atoms with Crippen LogP contribution in [-0.2, 0) is 20.5 Å². The molecule has 0 aliphatic carbocycles. The maximum atomic E-state index is 12.8. The van der Waals surface area contributed by atoms with Gasteiger partial charge in [-0.2, -0.15) is 13.2 Å². The summed E-state index contributed by atoms with van der Waals surface area (Å²) >= 11 is 0. The van der Waals surface area contributed by atoms with Crippen molar-refractivity contribution < 1.29 is 36.6 Å². The van der Waals surface area contributed by atoms with Gasteiger partial charge < -0.3 is 14.8 Å².